The van der Waals surface area contributed by atoms with Gasteiger partial charge in [-0.05, 0) is 56.3 Å². The van der Waals surface area contributed by atoms with E-state index >= 15 is 0 Å². The summed E-state index contributed by atoms with van der Waals surface area (Å²) >= 11 is 5.64. The minimum absolute atomic E-state index is 0.160. The number of sulfonamides is 1. The molecule has 5 nitrogen and oxygen atoms in total. The first kappa shape index (κ1) is 20.9. The quantitative estimate of drug-likeness (QED) is 0.691. The van der Waals surface area contributed by atoms with Gasteiger partial charge in [0.15, 0.2) is 0 Å². The Balaban J connectivity index is 2.18. The first-order valence-electron chi connectivity index (χ1n) is 8.15. The highest BCUT2D eigenvalue weighted by Gasteiger charge is 2.17. The number of rotatable bonds is 7. The van der Waals surface area contributed by atoms with Gasteiger partial charge in [0.25, 0.3) is 15.9 Å². The van der Waals surface area contributed by atoms with Gasteiger partial charge >= 0.3 is 0 Å². The van der Waals surface area contributed by atoms with Gasteiger partial charge in [-0.25, -0.2) is 12.8 Å². The van der Waals surface area contributed by atoms with Crippen LogP contribution in [0, 0.1) is 5.82 Å². The van der Waals surface area contributed by atoms with Crippen LogP contribution in [-0.4, -0.2) is 32.3 Å². The van der Waals surface area contributed by atoms with Crippen LogP contribution in [0.5, 0.6) is 0 Å². The van der Waals surface area contributed by atoms with Crippen molar-refractivity contribution in [3.8, 4) is 0 Å². The van der Waals surface area contributed by atoms with Crippen molar-refractivity contribution in [1.29, 1.82) is 0 Å². The maximum absolute atomic E-state index is 13.2. The largest absolute Gasteiger partial charge is 0.335 e. The molecule has 1 N–H and O–H groups in total. The molecule has 0 bridgehead atoms. The van der Waals surface area contributed by atoms with E-state index in [0.29, 0.717) is 18.7 Å². The zero-order valence-electron chi connectivity index (χ0n) is 15.0. The lowest BCUT2D eigenvalue weighted by molar-refractivity contribution is 0.0778. The van der Waals surface area contributed by atoms with E-state index < -0.39 is 15.8 Å². The van der Waals surface area contributed by atoms with Crippen molar-refractivity contribution in [2.75, 3.05) is 17.8 Å². The molecule has 0 heterocycles. The van der Waals surface area contributed by atoms with Gasteiger partial charge in [0, 0.05) is 24.3 Å². The fraction of sp³-hybridized carbons (Fsp3) is 0.211. The minimum Gasteiger partial charge on any atom is -0.335 e. The number of carbonyl (C=O) groups is 1. The smallest absolute Gasteiger partial charge is 0.261 e. The van der Waals surface area contributed by atoms with Gasteiger partial charge in [0.2, 0.25) is 0 Å². The fourth-order valence-electron chi connectivity index (χ4n) is 2.37. The SMILES string of the molecule is C=C(C)CN(CC)C(=O)c1ccc(NS(=O)(=O)c2ccc(F)c(Cl)c2)cc1. The molecule has 27 heavy (non-hydrogen) atoms. The van der Waals surface area contributed by atoms with Crippen molar-refractivity contribution in [2.24, 2.45) is 0 Å². The van der Waals surface area contributed by atoms with Crippen LogP contribution in [0.25, 0.3) is 0 Å². The molecule has 2 aromatic carbocycles. The van der Waals surface area contributed by atoms with Crippen LogP contribution in [0.3, 0.4) is 0 Å². The van der Waals surface area contributed by atoms with E-state index in [1.807, 2.05) is 13.8 Å². The summed E-state index contributed by atoms with van der Waals surface area (Å²) in [6.45, 7) is 8.51. The van der Waals surface area contributed by atoms with Gasteiger partial charge in [-0.3, -0.25) is 9.52 Å². The third-order valence-electron chi connectivity index (χ3n) is 3.72. The number of hydrogen-bond donors (Lipinski definition) is 1. The monoisotopic (exact) mass is 410 g/mol. The highest BCUT2D eigenvalue weighted by molar-refractivity contribution is 7.92. The molecule has 1 amide bonds. The molecular weight excluding hydrogens is 391 g/mol. The molecule has 0 radical (unpaired) electrons. The Kier molecular flexibility index (Phi) is 6.62. The predicted molar refractivity (Wildman–Crippen MR) is 105 cm³/mol. The van der Waals surface area contributed by atoms with Crippen molar-refractivity contribution < 1.29 is 17.6 Å². The number of carbonyl (C=O) groups excluding carboxylic acids is 1. The average Bonchev–Trinajstić information content (AvgIpc) is 2.61. The van der Waals surface area contributed by atoms with Crippen LogP contribution in [0.4, 0.5) is 10.1 Å². The lowest BCUT2D eigenvalue weighted by Gasteiger charge is -2.21. The lowest BCUT2D eigenvalue weighted by Crippen LogP contribution is -2.32. The number of likely N-dealkylation sites (N-methyl/N-ethyl adjacent to an activating group) is 1. The number of hydrogen-bond acceptors (Lipinski definition) is 3. The van der Waals surface area contributed by atoms with Gasteiger partial charge in [0.05, 0.1) is 9.92 Å². The van der Waals surface area contributed by atoms with E-state index in [-0.39, 0.29) is 21.5 Å². The van der Waals surface area contributed by atoms with Crippen molar-refractivity contribution in [2.45, 2.75) is 18.7 Å². The van der Waals surface area contributed by atoms with Crippen molar-refractivity contribution in [3.63, 3.8) is 0 Å². The van der Waals surface area contributed by atoms with E-state index in [4.69, 9.17) is 11.6 Å². The molecule has 0 fully saturated rings. The molecule has 0 saturated heterocycles. The molecule has 0 aromatic heterocycles. The summed E-state index contributed by atoms with van der Waals surface area (Å²) in [6, 6.07) is 9.21. The topological polar surface area (TPSA) is 66.5 Å². The normalized spacial score (nSPS) is 11.1. The third kappa shape index (κ3) is 5.30. The lowest BCUT2D eigenvalue weighted by atomic mass is 10.1. The number of halogens is 2. The molecule has 0 aliphatic rings. The van der Waals surface area contributed by atoms with Crippen LogP contribution >= 0.6 is 11.6 Å². The minimum atomic E-state index is -3.93. The average molecular weight is 411 g/mol. The Morgan fingerprint density at radius 1 is 1.22 bits per heavy atom. The summed E-state index contributed by atoms with van der Waals surface area (Å²) < 4.78 is 40.4. The molecule has 144 valence electrons. The van der Waals surface area contributed by atoms with Crippen LogP contribution in [0.2, 0.25) is 5.02 Å². The summed E-state index contributed by atoms with van der Waals surface area (Å²) in [5.41, 5.74) is 1.58. The van der Waals surface area contributed by atoms with E-state index in [1.165, 1.54) is 12.1 Å². The molecule has 8 heteroatoms. The number of nitrogens with one attached hydrogen (secondary N) is 1. The molecule has 0 atom stereocenters. The zero-order chi connectivity index (χ0) is 20.2. The Morgan fingerprint density at radius 2 is 1.85 bits per heavy atom. The van der Waals surface area contributed by atoms with E-state index in [2.05, 4.69) is 11.3 Å². The first-order valence-corrected chi connectivity index (χ1v) is 10.0. The zero-order valence-corrected chi connectivity index (χ0v) is 16.6. The van der Waals surface area contributed by atoms with Gasteiger partial charge in [-0.15, -0.1) is 0 Å². The Labute approximate surface area is 163 Å². The summed E-state index contributed by atoms with van der Waals surface area (Å²) in [7, 11) is -3.93. The number of amides is 1. The van der Waals surface area contributed by atoms with E-state index in [1.54, 1.807) is 17.0 Å². The summed E-state index contributed by atoms with van der Waals surface area (Å²) in [6.07, 6.45) is 0. The Bertz CT molecular complexity index is 959. The van der Waals surface area contributed by atoms with Gasteiger partial charge in [-0.2, -0.15) is 0 Å². The summed E-state index contributed by atoms with van der Waals surface area (Å²) in [5.74, 6) is -0.867. The first-order chi connectivity index (χ1) is 12.6. The molecule has 0 spiro atoms. The highest BCUT2D eigenvalue weighted by Crippen LogP contribution is 2.22. The Hall–Kier alpha value is -2.38. The molecule has 0 aliphatic carbocycles. The number of benzene rings is 2. The molecule has 0 saturated carbocycles. The second-order valence-corrected chi connectivity index (χ2v) is 8.12. The molecule has 2 rings (SSSR count). The Morgan fingerprint density at radius 3 is 2.37 bits per heavy atom. The maximum Gasteiger partial charge on any atom is 0.261 e. The summed E-state index contributed by atoms with van der Waals surface area (Å²) in [5, 5.41) is -0.281. The van der Waals surface area contributed by atoms with Gasteiger partial charge in [-0.1, -0.05) is 23.8 Å². The van der Waals surface area contributed by atoms with Gasteiger partial charge < -0.3 is 4.90 Å². The molecule has 0 aliphatic heterocycles. The van der Waals surface area contributed by atoms with Crippen molar-refractivity contribution >= 4 is 33.2 Å². The van der Waals surface area contributed by atoms with E-state index in [9.17, 15) is 17.6 Å². The van der Waals surface area contributed by atoms with E-state index in [0.717, 1.165) is 23.8 Å². The van der Waals surface area contributed by atoms with Crippen LogP contribution in [0.1, 0.15) is 24.2 Å². The van der Waals surface area contributed by atoms with Crippen LogP contribution in [0.15, 0.2) is 59.5 Å². The predicted octanol–water partition coefficient (Wildman–Crippen LogP) is 4.32. The highest BCUT2D eigenvalue weighted by atomic mass is 35.5. The van der Waals surface area contributed by atoms with Crippen molar-refractivity contribution in [1.82, 2.24) is 4.90 Å². The third-order valence-corrected chi connectivity index (χ3v) is 5.38. The van der Waals surface area contributed by atoms with Crippen LogP contribution in [-0.2, 0) is 10.0 Å². The second-order valence-electron chi connectivity index (χ2n) is 6.04. The second kappa shape index (κ2) is 8.54. The molecule has 2 aromatic rings. The maximum atomic E-state index is 13.2. The number of anilines is 1. The summed E-state index contributed by atoms with van der Waals surface area (Å²) in [4.78, 5) is 14.0. The fourth-order valence-corrected chi connectivity index (χ4v) is 3.70. The molecule has 0 unspecified atom stereocenters. The van der Waals surface area contributed by atoms with Crippen LogP contribution < -0.4 is 4.72 Å². The van der Waals surface area contributed by atoms with Crippen molar-refractivity contribution in [3.05, 3.63) is 71.0 Å². The standard InChI is InChI=1S/C19H20ClFN2O3S/c1-4-23(12-13(2)3)19(24)14-5-7-15(8-6-14)22-27(25,26)16-9-10-18(21)17(20)11-16/h5-11,22H,2,4,12H2,1,3H3. The van der Waals surface area contributed by atoms with Gasteiger partial charge in [0.1, 0.15) is 5.82 Å². The molecular formula is C19H20ClFN2O3S. The number of nitrogens with zero attached hydrogens (tertiary/aromatic N) is 1.